The second-order valence-corrected chi connectivity index (χ2v) is 7.09. The minimum Gasteiger partial charge on any atom is -0.390 e. The molecular weight excluding hydrogens is 404 g/mol. The summed E-state index contributed by atoms with van der Waals surface area (Å²) in [5, 5.41) is 17.9. The number of nitrogens with two attached hydrogens (primary N) is 2. The highest BCUT2D eigenvalue weighted by atomic mass is 16.3. The molecule has 0 amide bonds. The molecule has 5 aromatic rings. The summed E-state index contributed by atoms with van der Waals surface area (Å²) in [7, 11) is 0. The van der Waals surface area contributed by atoms with Crippen LogP contribution in [0.1, 0.15) is 11.4 Å². The molecule has 0 aliphatic heterocycles. The van der Waals surface area contributed by atoms with Crippen molar-refractivity contribution in [2.24, 2.45) is 21.7 Å². The maximum absolute atomic E-state index is 10.1. The molecule has 3 heterocycles. The number of aliphatic hydroxyl groups is 1. The number of rotatable bonds is 5. The fraction of sp³-hybridized carbons (Fsp3) is 0.0435. The molecule has 5 N–H and O–H groups in total. The lowest BCUT2D eigenvalue weighted by Crippen LogP contribution is -2.21. The molecule has 9 nitrogen and oxygen atoms in total. The molecule has 0 saturated carbocycles. The van der Waals surface area contributed by atoms with Crippen LogP contribution in [0.15, 0.2) is 83.1 Å². The third-order valence-electron chi connectivity index (χ3n) is 5.10. The summed E-state index contributed by atoms with van der Waals surface area (Å²) >= 11 is 0. The van der Waals surface area contributed by atoms with Gasteiger partial charge in [0.1, 0.15) is 5.65 Å². The largest absolute Gasteiger partial charge is 0.390 e. The minimum absolute atomic E-state index is 0.142. The average Bonchev–Trinajstić information content (AvgIpc) is 3.38. The Morgan fingerprint density at radius 2 is 1.56 bits per heavy atom. The van der Waals surface area contributed by atoms with Crippen molar-refractivity contribution in [3.05, 3.63) is 84.3 Å². The van der Waals surface area contributed by atoms with E-state index in [0.717, 1.165) is 11.1 Å². The normalized spacial score (nSPS) is 11.5. The van der Waals surface area contributed by atoms with Gasteiger partial charge in [-0.25, -0.2) is 9.97 Å². The summed E-state index contributed by atoms with van der Waals surface area (Å²) in [6.45, 7) is -0.172. The van der Waals surface area contributed by atoms with Gasteiger partial charge in [0.05, 0.1) is 35.6 Å². The molecule has 2 aromatic carbocycles. The Kier molecular flexibility index (Phi) is 4.85. The van der Waals surface area contributed by atoms with Crippen molar-refractivity contribution in [3.63, 3.8) is 0 Å². The number of hydrogen-bond acceptors (Lipinski definition) is 5. The highest BCUT2D eigenvalue weighted by molar-refractivity contribution is 5.90. The predicted molar refractivity (Wildman–Crippen MR) is 124 cm³/mol. The smallest absolute Gasteiger partial charge is 0.221 e. The lowest BCUT2D eigenvalue weighted by Gasteiger charge is -2.03. The van der Waals surface area contributed by atoms with Crippen molar-refractivity contribution in [3.8, 4) is 22.5 Å². The lowest BCUT2D eigenvalue weighted by molar-refractivity contribution is 0.276. The summed E-state index contributed by atoms with van der Waals surface area (Å²) < 4.78 is 3.73. The van der Waals surface area contributed by atoms with Crippen LogP contribution in [0.3, 0.4) is 0 Å². The van der Waals surface area contributed by atoms with Crippen LogP contribution in [-0.2, 0) is 6.61 Å². The van der Waals surface area contributed by atoms with E-state index in [1.165, 1.54) is 0 Å². The van der Waals surface area contributed by atoms with Crippen LogP contribution in [0, 0.1) is 0 Å². The summed E-state index contributed by atoms with van der Waals surface area (Å²) in [6, 6.07) is 21.4. The number of hydrogen-bond donors (Lipinski definition) is 3. The van der Waals surface area contributed by atoms with Crippen molar-refractivity contribution in [1.29, 1.82) is 0 Å². The molecule has 0 unspecified atom stereocenters. The topological polar surface area (TPSA) is 132 Å². The number of imidazole rings is 2. The zero-order valence-corrected chi connectivity index (χ0v) is 17.0. The first-order chi connectivity index (χ1) is 15.7. The second kappa shape index (κ2) is 7.97. The lowest BCUT2D eigenvalue weighted by atomic mass is 10.1. The molecular formula is C23H20N8O. The summed E-state index contributed by atoms with van der Waals surface area (Å²) in [4.78, 5) is 9.69. The first kappa shape index (κ1) is 19.5. The van der Waals surface area contributed by atoms with Crippen LogP contribution in [0.25, 0.3) is 33.9 Å². The van der Waals surface area contributed by atoms with Crippen LogP contribution in [-0.4, -0.2) is 36.1 Å². The van der Waals surface area contributed by atoms with E-state index in [0.29, 0.717) is 34.2 Å². The van der Waals surface area contributed by atoms with Gasteiger partial charge in [0.25, 0.3) is 0 Å². The van der Waals surface area contributed by atoms with Crippen molar-refractivity contribution in [2.45, 2.75) is 6.61 Å². The Hall–Kier alpha value is -4.50. The maximum Gasteiger partial charge on any atom is 0.221 e. The number of aliphatic hydroxyl groups excluding tert-OH is 1. The highest BCUT2D eigenvalue weighted by Crippen LogP contribution is 2.28. The van der Waals surface area contributed by atoms with Crippen LogP contribution >= 0.6 is 0 Å². The van der Waals surface area contributed by atoms with E-state index in [4.69, 9.17) is 21.4 Å². The predicted octanol–water partition coefficient (Wildman–Crippen LogP) is 2.42. The molecule has 0 radical (unpaired) electrons. The molecule has 32 heavy (non-hydrogen) atoms. The molecule has 158 valence electrons. The monoisotopic (exact) mass is 424 g/mol. The summed E-state index contributed by atoms with van der Waals surface area (Å²) in [6.07, 6.45) is 3.41. The van der Waals surface area contributed by atoms with Gasteiger partial charge in [0.15, 0.2) is 0 Å². The third kappa shape index (κ3) is 3.26. The van der Waals surface area contributed by atoms with Gasteiger partial charge in [-0.15, -0.1) is 5.10 Å². The molecule has 9 heteroatoms. The maximum atomic E-state index is 10.1. The van der Waals surface area contributed by atoms with E-state index in [1.54, 1.807) is 6.21 Å². The van der Waals surface area contributed by atoms with E-state index in [-0.39, 0.29) is 12.6 Å². The molecule has 0 aliphatic rings. The van der Waals surface area contributed by atoms with E-state index >= 15 is 0 Å². The number of nitrogens with zero attached hydrogens (tertiary/aromatic N) is 6. The van der Waals surface area contributed by atoms with Gasteiger partial charge in [-0.05, 0) is 6.07 Å². The first-order valence-electron chi connectivity index (χ1n) is 9.93. The fourth-order valence-electron chi connectivity index (χ4n) is 3.74. The molecule has 3 aromatic heterocycles. The fourth-order valence-corrected chi connectivity index (χ4v) is 3.74. The Bertz CT molecular complexity index is 1460. The SMILES string of the molecule is NC(N)=N/N=C/c1c(-c2ccccc2)nc2ccn3c(CO)c(-c4ccccc4)nc3n12. The Balaban J connectivity index is 1.84. The van der Waals surface area contributed by atoms with Gasteiger partial charge < -0.3 is 16.6 Å². The van der Waals surface area contributed by atoms with E-state index in [1.807, 2.05) is 81.7 Å². The Morgan fingerprint density at radius 1 is 0.906 bits per heavy atom. The van der Waals surface area contributed by atoms with Gasteiger partial charge in [-0.1, -0.05) is 60.7 Å². The second-order valence-electron chi connectivity index (χ2n) is 7.09. The van der Waals surface area contributed by atoms with E-state index < -0.39 is 0 Å². The zero-order chi connectivity index (χ0) is 22.1. The highest BCUT2D eigenvalue weighted by Gasteiger charge is 2.20. The molecule has 0 atom stereocenters. The van der Waals surface area contributed by atoms with E-state index in [2.05, 4.69) is 10.2 Å². The quantitative estimate of drug-likeness (QED) is 0.226. The van der Waals surface area contributed by atoms with Gasteiger partial charge in [0, 0.05) is 17.3 Å². The number of fused-ring (bicyclic) bond motifs is 3. The van der Waals surface area contributed by atoms with Crippen molar-refractivity contribution < 1.29 is 5.11 Å². The van der Waals surface area contributed by atoms with Crippen LogP contribution < -0.4 is 11.5 Å². The van der Waals surface area contributed by atoms with Gasteiger partial charge in [-0.3, -0.25) is 8.80 Å². The third-order valence-corrected chi connectivity index (χ3v) is 5.10. The molecule has 0 saturated heterocycles. The summed E-state index contributed by atoms with van der Waals surface area (Å²) in [5.41, 5.74) is 16.1. The molecule has 0 aliphatic carbocycles. The van der Waals surface area contributed by atoms with Gasteiger partial charge in [-0.2, -0.15) is 5.10 Å². The standard InChI is InChI=1S/C23H20N8O/c24-22(25)29-26-13-17-20(15-7-3-1-4-8-15)27-19-11-12-30-18(14-32)21(28-23(30)31(17)19)16-9-5-2-6-10-16/h1-13,32H,14H2,(H4,24,25,29)/b26-13+. The van der Waals surface area contributed by atoms with Gasteiger partial charge >= 0.3 is 0 Å². The van der Waals surface area contributed by atoms with Gasteiger partial charge in [0.2, 0.25) is 11.7 Å². The molecule has 0 spiro atoms. The van der Waals surface area contributed by atoms with Crippen molar-refractivity contribution in [2.75, 3.05) is 0 Å². The Labute approximate surface area is 183 Å². The van der Waals surface area contributed by atoms with Crippen LogP contribution in [0.5, 0.6) is 0 Å². The van der Waals surface area contributed by atoms with Crippen LogP contribution in [0.2, 0.25) is 0 Å². The average molecular weight is 424 g/mol. The first-order valence-corrected chi connectivity index (χ1v) is 9.93. The number of benzene rings is 2. The summed E-state index contributed by atoms with van der Waals surface area (Å²) in [5.74, 6) is 0.447. The van der Waals surface area contributed by atoms with Crippen LogP contribution in [0.4, 0.5) is 0 Å². The molecule has 0 fully saturated rings. The minimum atomic E-state index is -0.172. The number of aromatic nitrogens is 4. The zero-order valence-electron chi connectivity index (χ0n) is 17.0. The molecule has 5 rings (SSSR count). The Morgan fingerprint density at radius 3 is 2.19 bits per heavy atom. The van der Waals surface area contributed by atoms with E-state index in [9.17, 15) is 5.11 Å². The van der Waals surface area contributed by atoms with Crippen molar-refractivity contribution >= 4 is 23.6 Å². The van der Waals surface area contributed by atoms with Crippen molar-refractivity contribution in [1.82, 2.24) is 18.8 Å². The molecule has 0 bridgehead atoms. The number of guanidine groups is 1.